The Labute approximate surface area is 50.0 Å². The molecule has 0 aliphatic carbocycles. The van der Waals surface area contributed by atoms with Gasteiger partial charge in [0.05, 0.1) is 0 Å². The highest BCUT2D eigenvalue weighted by atomic mass is 32.1. The predicted octanol–water partition coefficient (Wildman–Crippen LogP) is 1.18. The van der Waals surface area contributed by atoms with E-state index in [0.717, 1.165) is 13.2 Å². The van der Waals surface area contributed by atoms with Crippen LogP contribution in [0.5, 0.6) is 0 Å². The van der Waals surface area contributed by atoms with E-state index in [1.54, 1.807) is 0 Å². The Hall–Kier alpha value is 0.310. The summed E-state index contributed by atoms with van der Waals surface area (Å²) in [5, 5.41) is 0. The Morgan fingerprint density at radius 3 is 1.86 bits per heavy atom. The largest absolute Gasteiger partial charge is 0.535 e. The minimum Gasteiger partial charge on any atom is -0.535 e. The van der Waals surface area contributed by atoms with Gasteiger partial charge in [-0.15, -0.1) is 0 Å². The summed E-state index contributed by atoms with van der Waals surface area (Å²) in [6, 6.07) is 0. The molecule has 0 spiro atoms. The second-order valence-corrected chi connectivity index (χ2v) is 2.38. The van der Waals surface area contributed by atoms with Gasteiger partial charge in [0, 0.05) is 12.8 Å². The van der Waals surface area contributed by atoms with Crippen LogP contribution in [0.15, 0.2) is 0 Å². The highest BCUT2D eigenvalue weighted by Crippen LogP contribution is 2.09. The number of hydrogen-bond acceptors (Lipinski definition) is 1. The molecule has 2 heteroatoms. The van der Waals surface area contributed by atoms with Crippen LogP contribution in [0, 0.1) is 0 Å². The topological polar surface area (TPSA) is 2.70 Å². The van der Waals surface area contributed by atoms with Crippen LogP contribution in [0.3, 0.4) is 0 Å². The van der Waals surface area contributed by atoms with Crippen molar-refractivity contribution in [2.75, 3.05) is 13.2 Å². The first-order chi connectivity index (χ1) is 3.39. The zero-order valence-electron chi connectivity index (χ0n) is 4.35. The predicted molar refractivity (Wildman–Crippen MR) is 32.0 cm³/mol. The summed E-state index contributed by atoms with van der Waals surface area (Å²) in [6.07, 6.45) is 3.91. The Balaban J connectivity index is 2.12. The van der Waals surface area contributed by atoms with Gasteiger partial charge in [0.1, 0.15) is 13.2 Å². The first kappa shape index (κ1) is 5.45. The van der Waals surface area contributed by atoms with E-state index in [4.69, 9.17) is 12.9 Å². The molecular weight excluding hydrogens is 108 g/mol. The third kappa shape index (κ3) is 1.70. The van der Waals surface area contributed by atoms with Crippen LogP contribution in [-0.2, 0) is 16.7 Å². The lowest BCUT2D eigenvalue weighted by molar-refractivity contribution is 0.0165. The lowest BCUT2D eigenvalue weighted by Gasteiger charge is -2.26. The molecule has 0 saturated carbocycles. The van der Waals surface area contributed by atoms with E-state index in [1.165, 1.54) is 19.3 Å². The Kier molecular flexibility index (Phi) is 2.00. The van der Waals surface area contributed by atoms with Crippen LogP contribution in [0.4, 0.5) is 0 Å². The van der Waals surface area contributed by atoms with E-state index in [0.29, 0.717) is 0 Å². The maximum Gasteiger partial charge on any atom is 0.130 e. The zero-order valence-corrected chi connectivity index (χ0v) is 5.17. The lowest BCUT2D eigenvalue weighted by Crippen LogP contribution is -2.15. The molecule has 0 amide bonds. The van der Waals surface area contributed by atoms with Gasteiger partial charge in [-0.05, 0) is 6.42 Å². The molecule has 1 heterocycles. The maximum atomic E-state index is 4.84. The van der Waals surface area contributed by atoms with E-state index >= 15 is 0 Å². The monoisotopic (exact) mass is 118 g/mol. The van der Waals surface area contributed by atoms with Crippen molar-refractivity contribution in [1.29, 1.82) is 0 Å². The molecule has 0 atom stereocenters. The fraction of sp³-hybridized carbons (Fsp3) is 1.00. The summed E-state index contributed by atoms with van der Waals surface area (Å²) < 4.78 is 2.65. The van der Waals surface area contributed by atoms with Crippen molar-refractivity contribution in [1.82, 2.24) is 0 Å². The fourth-order valence-electron chi connectivity index (χ4n) is 0.805. The number of hydrogen-bond donors (Lipinski definition) is 0. The van der Waals surface area contributed by atoms with Crippen LogP contribution < -0.4 is 0 Å². The van der Waals surface area contributed by atoms with E-state index < -0.39 is 0 Å². The molecule has 0 radical (unpaired) electrons. The molecule has 1 rings (SSSR count). The normalized spacial score (nSPS) is 25.3. The molecule has 0 N–H and O–H groups in total. The van der Waals surface area contributed by atoms with Crippen molar-refractivity contribution in [3.05, 3.63) is 0 Å². The van der Waals surface area contributed by atoms with Crippen molar-refractivity contribution >= 4 is 12.9 Å². The summed E-state index contributed by atoms with van der Waals surface area (Å²) in [6.45, 7) is 2.10. The standard InChI is InChI=1S/C5H10OS/c7-6-4-2-1-3-5-6/h1-5H2. The van der Waals surface area contributed by atoms with Gasteiger partial charge in [0.2, 0.25) is 0 Å². The third-order valence-corrected chi connectivity index (χ3v) is 1.58. The van der Waals surface area contributed by atoms with Crippen molar-refractivity contribution in [2.24, 2.45) is 0 Å². The second-order valence-electron chi connectivity index (χ2n) is 1.91. The Morgan fingerprint density at radius 2 is 1.57 bits per heavy atom. The Morgan fingerprint density at radius 1 is 1.00 bits per heavy atom. The average molecular weight is 118 g/mol. The molecular formula is C5H10OS. The first-order valence-electron chi connectivity index (χ1n) is 2.74. The highest BCUT2D eigenvalue weighted by Gasteiger charge is 2.03. The van der Waals surface area contributed by atoms with Crippen molar-refractivity contribution in [3.63, 3.8) is 0 Å². The van der Waals surface area contributed by atoms with Gasteiger partial charge in [0.25, 0.3) is 0 Å². The molecule has 1 aliphatic heterocycles. The van der Waals surface area contributed by atoms with Crippen LogP contribution in [-0.4, -0.2) is 13.2 Å². The molecule has 0 aromatic heterocycles. The summed E-state index contributed by atoms with van der Waals surface area (Å²) >= 11 is 4.84. The van der Waals surface area contributed by atoms with E-state index in [9.17, 15) is 0 Å². The second kappa shape index (κ2) is 2.58. The zero-order chi connectivity index (χ0) is 5.11. The third-order valence-electron chi connectivity index (χ3n) is 1.24. The van der Waals surface area contributed by atoms with E-state index in [2.05, 4.69) is 3.81 Å². The minimum absolute atomic E-state index is 1.05. The van der Waals surface area contributed by atoms with E-state index in [-0.39, 0.29) is 0 Å². The maximum absolute atomic E-state index is 4.84. The molecule has 42 valence electrons. The molecule has 7 heavy (non-hydrogen) atoms. The number of rotatable bonds is 0. The van der Waals surface area contributed by atoms with Crippen LogP contribution in [0.1, 0.15) is 19.3 Å². The SMILES string of the molecule is [S-][O+]1CCCCC1. The average Bonchev–Trinajstić information content (AvgIpc) is 1.69. The minimum atomic E-state index is 1.05. The van der Waals surface area contributed by atoms with Crippen molar-refractivity contribution in [3.8, 4) is 0 Å². The van der Waals surface area contributed by atoms with Gasteiger partial charge < -0.3 is 16.7 Å². The molecule has 0 aromatic carbocycles. The van der Waals surface area contributed by atoms with E-state index in [1.807, 2.05) is 0 Å². The van der Waals surface area contributed by atoms with Crippen LogP contribution in [0.25, 0.3) is 0 Å². The summed E-state index contributed by atoms with van der Waals surface area (Å²) in [4.78, 5) is 0. The van der Waals surface area contributed by atoms with Crippen LogP contribution >= 0.6 is 0 Å². The van der Waals surface area contributed by atoms with Gasteiger partial charge in [0.15, 0.2) is 0 Å². The lowest BCUT2D eigenvalue weighted by atomic mass is 10.2. The van der Waals surface area contributed by atoms with Crippen molar-refractivity contribution < 1.29 is 3.81 Å². The first-order valence-corrected chi connectivity index (χ1v) is 3.08. The molecule has 1 saturated heterocycles. The summed E-state index contributed by atoms with van der Waals surface area (Å²) in [5.41, 5.74) is 0. The van der Waals surface area contributed by atoms with Gasteiger partial charge in [-0.2, -0.15) is 0 Å². The van der Waals surface area contributed by atoms with Crippen LogP contribution in [0.2, 0.25) is 0 Å². The molecule has 1 aliphatic rings. The summed E-state index contributed by atoms with van der Waals surface area (Å²) in [7, 11) is 0. The van der Waals surface area contributed by atoms with Gasteiger partial charge in [-0.3, -0.25) is 0 Å². The summed E-state index contributed by atoms with van der Waals surface area (Å²) in [5.74, 6) is 0. The fourth-order valence-corrected chi connectivity index (χ4v) is 1.04. The van der Waals surface area contributed by atoms with Crippen molar-refractivity contribution in [2.45, 2.75) is 19.3 Å². The quantitative estimate of drug-likeness (QED) is 0.341. The molecule has 0 aromatic rings. The molecule has 1 fully saturated rings. The Bertz CT molecular complexity index is 50.0. The molecule has 0 bridgehead atoms. The smallest absolute Gasteiger partial charge is 0.130 e. The van der Waals surface area contributed by atoms with Gasteiger partial charge >= 0.3 is 0 Å². The van der Waals surface area contributed by atoms with Gasteiger partial charge in [-0.25, -0.2) is 0 Å². The highest BCUT2D eigenvalue weighted by molar-refractivity contribution is 7.53. The molecule has 1 nitrogen and oxygen atoms in total. The molecule has 0 unspecified atom stereocenters. The van der Waals surface area contributed by atoms with Gasteiger partial charge in [-0.1, -0.05) is 0 Å².